The van der Waals surface area contributed by atoms with Crippen LogP contribution in [0.2, 0.25) is 0 Å². The number of rotatable bonds is 9. The second kappa shape index (κ2) is 11.7. The van der Waals surface area contributed by atoms with Crippen molar-refractivity contribution in [2.24, 2.45) is 0 Å². The standard InChI is InChI=1S/C25H24FN7O6S2/c1-15-12-21(31-30-15)27-23-22(38-2)24(32-8-10-39-11-9-32)29-25(28-23)40-20-7-6-18(14-19(20)26)41(36,37)17-5-3-4-16(13-17)33(34)35/h3-7,12-14H,8-11H2,1-2H3,(H2,27,28,29,30,31). The number of nitrogens with one attached hydrogen (secondary N) is 2. The minimum Gasteiger partial charge on any atom is -0.490 e. The van der Waals surface area contributed by atoms with Crippen LogP contribution in [0.1, 0.15) is 5.69 Å². The maximum absolute atomic E-state index is 15.3. The average molecular weight is 602 g/mol. The van der Waals surface area contributed by atoms with Crippen LogP contribution in [0.4, 0.5) is 27.5 Å². The van der Waals surface area contributed by atoms with E-state index < -0.39 is 20.6 Å². The third-order valence-corrected chi connectivity index (χ3v) is 8.71. The molecule has 2 N–H and O–H groups in total. The number of H-pyrrole nitrogens is 1. The number of aromatic amines is 1. The summed E-state index contributed by atoms with van der Waals surface area (Å²) in [7, 11) is -2.72. The fourth-order valence-corrected chi connectivity index (χ4v) is 6.13. The third kappa shape index (κ3) is 6.08. The van der Waals surface area contributed by atoms with Gasteiger partial charge >= 0.3 is 0 Å². The van der Waals surface area contributed by atoms with E-state index in [1.165, 1.54) is 37.4 Å². The lowest BCUT2D eigenvalue weighted by Gasteiger charge is -2.29. The van der Waals surface area contributed by atoms with E-state index in [1.54, 1.807) is 6.07 Å². The summed E-state index contributed by atoms with van der Waals surface area (Å²) in [6.07, 6.45) is 0. The molecular weight excluding hydrogens is 577 g/mol. The summed E-state index contributed by atoms with van der Waals surface area (Å²) in [4.78, 5) is 21.0. The van der Waals surface area contributed by atoms with Crippen molar-refractivity contribution in [3.8, 4) is 5.75 Å². The van der Waals surface area contributed by atoms with Gasteiger partial charge in [-0.1, -0.05) is 6.07 Å². The molecular formula is C25H24FN7O6S2. The quantitative estimate of drug-likeness (QED) is 0.160. The number of aromatic nitrogens is 4. The number of benzene rings is 2. The summed E-state index contributed by atoms with van der Waals surface area (Å²) in [5, 5.41) is 21.4. The molecule has 2 aromatic carbocycles. The summed E-state index contributed by atoms with van der Waals surface area (Å²) in [6, 6.07) is 9.77. The number of nitrogens with zero attached hydrogens (tertiary/aromatic N) is 5. The highest BCUT2D eigenvalue weighted by atomic mass is 32.2. The highest BCUT2D eigenvalue weighted by Crippen LogP contribution is 2.39. The zero-order valence-electron chi connectivity index (χ0n) is 21.8. The van der Waals surface area contributed by atoms with Crippen LogP contribution in [0.5, 0.6) is 5.75 Å². The molecule has 0 amide bonds. The SMILES string of the molecule is COc1c(Nc2cc(C)[nH]n2)nc(Sc2ccc(S(=O)(=O)c3cccc([N+](=O)[O-])c3)cc2F)nc1N1CCOCC1. The molecule has 1 aliphatic rings. The van der Waals surface area contributed by atoms with Gasteiger partial charge in [0.15, 0.2) is 22.6 Å². The van der Waals surface area contributed by atoms with Gasteiger partial charge < -0.3 is 19.7 Å². The lowest BCUT2D eigenvalue weighted by atomic mass is 10.3. The molecule has 1 fully saturated rings. The molecule has 2 aromatic heterocycles. The lowest BCUT2D eigenvalue weighted by molar-refractivity contribution is -0.385. The van der Waals surface area contributed by atoms with Crippen molar-refractivity contribution >= 4 is 44.7 Å². The van der Waals surface area contributed by atoms with Gasteiger partial charge in [0.25, 0.3) is 5.69 Å². The lowest BCUT2D eigenvalue weighted by Crippen LogP contribution is -2.37. The van der Waals surface area contributed by atoms with Crippen LogP contribution >= 0.6 is 11.8 Å². The molecule has 0 radical (unpaired) electrons. The summed E-state index contributed by atoms with van der Waals surface area (Å²) in [5.41, 5.74) is 0.437. The number of aryl methyl sites for hydroxylation is 1. The highest BCUT2D eigenvalue weighted by Gasteiger charge is 2.25. The van der Waals surface area contributed by atoms with Gasteiger partial charge in [0, 0.05) is 37.0 Å². The van der Waals surface area contributed by atoms with Gasteiger partial charge in [-0.25, -0.2) is 22.8 Å². The highest BCUT2D eigenvalue weighted by molar-refractivity contribution is 7.99. The Labute approximate surface area is 238 Å². The molecule has 0 atom stereocenters. The van der Waals surface area contributed by atoms with Crippen molar-refractivity contribution < 1.29 is 27.2 Å². The largest absolute Gasteiger partial charge is 0.490 e. The Morgan fingerprint density at radius 3 is 2.56 bits per heavy atom. The second-order valence-corrected chi connectivity index (χ2v) is 11.8. The Morgan fingerprint density at radius 2 is 1.90 bits per heavy atom. The summed E-state index contributed by atoms with van der Waals surface area (Å²) in [5.74, 6) is 0.823. The van der Waals surface area contributed by atoms with Crippen molar-refractivity contribution in [1.82, 2.24) is 20.2 Å². The van der Waals surface area contributed by atoms with E-state index in [-0.39, 0.29) is 25.5 Å². The van der Waals surface area contributed by atoms with Crippen molar-refractivity contribution in [2.45, 2.75) is 26.8 Å². The normalized spacial score (nSPS) is 13.7. The first-order chi connectivity index (χ1) is 19.7. The Bertz CT molecular complexity index is 1710. The van der Waals surface area contributed by atoms with E-state index in [2.05, 4.69) is 25.5 Å². The van der Waals surface area contributed by atoms with E-state index in [4.69, 9.17) is 9.47 Å². The molecule has 1 aliphatic heterocycles. The van der Waals surface area contributed by atoms with Gasteiger partial charge in [-0.2, -0.15) is 5.10 Å². The topological polar surface area (TPSA) is 165 Å². The van der Waals surface area contributed by atoms with Crippen molar-refractivity contribution in [2.75, 3.05) is 43.6 Å². The van der Waals surface area contributed by atoms with Crippen molar-refractivity contribution in [1.29, 1.82) is 0 Å². The van der Waals surface area contributed by atoms with Crippen molar-refractivity contribution in [3.05, 3.63) is 70.2 Å². The van der Waals surface area contributed by atoms with Crippen LogP contribution in [0, 0.1) is 22.9 Å². The first-order valence-electron chi connectivity index (χ1n) is 12.2. The maximum Gasteiger partial charge on any atom is 0.270 e. The first kappa shape index (κ1) is 28.3. The van der Waals surface area contributed by atoms with E-state index in [0.717, 1.165) is 29.6 Å². The molecule has 0 unspecified atom stereocenters. The Balaban J connectivity index is 1.49. The predicted molar refractivity (Wildman–Crippen MR) is 147 cm³/mol. The van der Waals surface area contributed by atoms with E-state index in [1.807, 2.05) is 11.8 Å². The number of nitro groups is 1. The van der Waals surface area contributed by atoms with Crippen LogP contribution in [0.3, 0.4) is 0 Å². The van der Waals surface area contributed by atoms with Crippen molar-refractivity contribution in [3.63, 3.8) is 0 Å². The van der Waals surface area contributed by atoms with Gasteiger partial charge in [-0.15, -0.1) is 0 Å². The molecule has 214 valence electrons. The summed E-state index contributed by atoms with van der Waals surface area (Å²) < 4.78 is 52.6. The molecule has 3 heterocycles. The number of halogens is 1. The van der Waals surface area contributed by atoms with E-state index in [9.17, 15) is 18.5 Å². The van der Waals surface area contributed by atoms with Gasteiger partial charge in [-0.3, -0.25) is 15.2 Å². The van der Waals surface area contributed by atoms with Crippen LogP contribution in [0.25, 0.3) is 0 Å². The van der Waals surface area contributed by atoms with Gasteiger partial charge in [0.05, 0.1) is 39.9 Å². The molecule has 13 nitrogen and oxygen atoms in total. The Morgan fingerprint density at radius 1 is 1.15 bits per heavy atom. The zero-order chi connectivity index (χ0) is 29.1. The first-order valence-corrected chi connectivity index (χ1v) is 14.5. The maximum atomic E-state index is 15.3. The third-order valence-electron chi connectivity index (χ3n) is 6.05. The monoisotopic (exact) mass is 601 g/mol. The smallest absolute Gasteiger partial charge is 0.270 e. The molecule has 16 heteroatoms. The van der Waals surface area contributed by atoms with E-state index >= 15 is 4.39 Å². The number of hydrogen-bond donors (Lipinski definition) is 2. The molecule has 5 rings (SSSR count). The molecule has 1 saturated heterocycles. The van der Waals surface area contributed by atoms with Crippen LogP contribution in [-0.4, -0.2) is 66.9 Å². The molecule has 0 bridgehead atoms. The summed E-state index contributed by atoms with van der Waals surface area (Å²) >= 11 is 0.900. The van der Waals surface area contributed by atoms with Gasteiger partial charge in [-0.05, 0) is 43.0 Å². The number of anilines is 3. The number of morpholine rings is 1. The number of sulfone groups is 1. The Hall–Kier alpha value is -4.28. The van der Waals surface area contributed by atoms with Gasteiger partial charge in [0.1, 0.15) is 5.82 Å². The number of ether oxygens (including phenoxy) is 2. The molecule has 4 aromatic rings. The fraction of sp³-hybridized carbons (Fsp3) is 0.240. The number of non-ortho nitro benzene ring substituents is 1. The van der Waals surface area contributed by atoms with Crippen LogP contribution in [0.15, 0.2) is 68.4 Å². The fourth-order valence-electron chi connectivity index (χ4n) is 4.06. The molecule has 0 aliphatic carbocycles. The van der Waals surface area contributed by atoms with Crippen LogP contribution < -0.4 is 15.0 Å². The predicted octanol–water partition coefficient (Wildman–Crippen LogP) is 4.13. The number of methoxy groups -OCH3 is 1. The zero-order valence-corrected chi connectivity index (χ0v) is 23.5. The Kier molecular flexibility index (Phi) is 8.05. The van der Waals surface area contributed by atoms with Crippen LogP contribution in [-0.2, 0) is 14.6 Å². The molecule has 41 heavy (non-hydrogen) atoms. The minimum absolute atomic E-state index is 0.0719. The average Bonchev–Trinajstić information content (AvgIpc) is 3.38. The van der Waals surface area contributed by atoms with Gasteiger partial charge in [0.2, 0.25) is 15.6 Å². The minimum atomic E-state index is -4.22. The second-order valence-electron chi connectivity index (χ2n) is 8.82. The molecule has 0 saturated carbocycles. The molecule has 0 spiro atoms. The number of hydrogen-bond acceptors (Lipinski definition) is 12. The van der Waals surface area contributed by atoms with E-state index in [0.29, 0.717) is 49.5 Å². The summed E-state index contributed by atoms with van der Waals surface area (Å²) in [6.45, 7) is 3.94. The number of nitro benzene ring substituents is 1.